The second-order valence-corrected chi connectivity index (χ2v) is 10.1. The van der Waals surface area contributed by atoms with E-state index in [9.17, 15) is 13.2 Å². The number of nitrogens with one attached hydrogen (secondary N) is 1. The van der Waals surface area contributed by atoms with Crippen molar-refractivity contribution in [3.63, 3.8) is 0 Å². The van der Waals surface area contributed by atoms with Crippen molar-refractivity contribution in [3.8, 4) is 11.8 Å². The monoisotopic (exact) mass is 499 g/mol. The average molecular weight is 500 g/mol. The van der Waals surface area contributed by atoms with Gasteiger partial charge in [-0.1, -0.05) is 24.7 Å². The highest BCUT2D eigenvalue weighted by atomic mass is 19.4. The van der Waals surface area contributed by atoms with Crippen LogP contribution in [-0.4, -0.2) is 35.8 Å². The topological polar surface area (TPSA) is 48.4 Å². The molecule has 0 radical (unpaired) electrons. The van der Waals surface area contributed by atoms with Crippen LogP contribution < -0.4 is 10.2 Å². The van der Waals surface area contributed by atoms with E-state index in [1.54, 1.807) is 18.3 Å². The molecule has 4 rings (SSSR count). The average Bonchev–Trinajstić information content (AvgIpc) is 2.88. The predicted octanol–water partition coefficient (Wildman–Crippen LogP) is 6.50. The quantitative estimate of drug-likeness (QED) is 0.337. The third-order valence-corrected chi connectivity index (χ3v) is 7.41. The van der Waals surface area contributed by atoms with Crippen molar-refractivity contribution in [2.75, 3.05) is 29.9 Å². The first kappa shape index (κ1) is 26.3. The summed E-state index contributed by atoms with van der Waals surface area (Å²) >= 11 is 0. The Labute approximate surface area is 212 Å². The summed E-state index contributed by atoms with van der Waals surface area (Å²) in [5, 5.41) is 12.6. The summed E-state index contributed by atoms with van der Waals surface area (Å²) in [5.74, 6) is 8.20. The van der Waals surface area contributed by atoms with Crippen LogP contribution in [0.4, 0.5) is 24.7 Å². The molecule has 1 saturated carbocycles. The van der Waals surface area contributed by atoms with E-state index in [1.165, 1.54) is 31.4 Å². The molecule has 2 aromatic rings. The number of aromatic nitrogens is 1. The van der Waals surface area contributed by atoms with Gasteiger partial charge >= 0.3 is 6.18 Å². The third-order valence-electron chi connectivity index (χ3n) is 7.41. The summed E-state index contributed by atoms with van der Waals surface area (Å²) < 4.78 is 38.8. The van der Waals surface area contributed by atoms with Crippen LogP contribution in [0.25, 0.3) is 0 Å². The van der Waals surface area contributed by atoms with Gasteiger partial charge in [0, 0.05) is 49.6 Å². The van der Waals surface area contributed by atoms with Crippen molar-refractivity contribution in [1.82, 2.24) is 4.98 Å². The first-order valence-electron chi connectivity index (χ1n) is 13.2. The summed E-state index contributed by atoms with van der Waals surface area (Å²) in [6.07, 6.45) is 6.96. The molecule has 2 heterocycles. The maximum Gasteiger partial charge on any atom is 0.416 e. The van der Waals surface area contributed by atoms with Gasteiger partial charge in [0.2, 0.25) is 0 Å². The Kier molecular flexibility index (Phi) is 9.14. The molecule has 0 bridgehead atoms. The molecule has 0 unspecified atom stereocenters. The van der Waals surface area contributed by atoms with Crippen molar-refractivity contribution in [2.24, 2.45) is 11.8 Å². The van der Waals surface area contributed by atoms with E-state index in [2.05, 4.69) is 27.0 Å². The van der Waals surface area contributed by atoms with Gasteiger partial charge in [0.15, 0.2) is 0 Å². The third kappa shape index (κ3) is 7.39. The molecule has 1 aromatic carbocycles. The van der Waals surface area contributed by atoms with Gasteiger partial charge in [-0.3, -0.25) is 0 Å². The van der Waals surface area contributed by atoms with Crippen molar-refractivity contribution < 1.29 is 18.3 Å². The Balaban J connectivity index is 1.36. The summed E-state index contributed by atoms with van der Waals surface area (Å²) in [4.78, 5) is 6.78. The fraction of sp³-hybridized carbons (Fsp3) is 0.552. The summed E-state index contributed by atoms with van der Waals surface area (Å²) in [7, 11) is 0. The number of hydrogen-bond acceptors (Lipinski definition) is 4. The minimum absolute atomic E-state index is 0.157. The molecule has 194 valence electrons. The number of alkyl halides is 3. The van der Waals surface area contributed by atoms with Crippen LogP contribution in [0.5, 0.6) is 0 Å². The summed E-state index contributed by atoms with van der Waals surface area (Å²) in [6.45, 7) is 1.94. The zero-order valence-electron chi connectivity index (χ0n) is 20.7. The van der Waals surface area contributed by atoms with E-state index in [-0.39, 0.29) is 6.61 Å². The van der Waals surface area contributed by atoms with E-state index in [4.69, 9.17) is 5.11 Å². The molecule has 7 heteroatoms. The largest absolute Gasteiger partial charge is 0.416 e. The second-order valence-electron chi connectivity index (χ2n) is 10.1. The molecule has 1 aliphatic carbocycles. The summed E-state index contributed by atoms with van der Waals surface area (Å²) in [6, 6.07) is 9.89. The van der Waals surface area contributed by atoms with Crippen molar-refractivity contribution in [1.29, 1.82) is 0 Å². The standard InChI is InChI=1S/C29H36F3N3O/c30-29(31,32)25-11-13-26(14-12-25)35-17-6-8-23(21-35)19-24-9-3-4-10-27(24)34-28-20-22(15-16-33-28)7-2-1-5-18-36/h11-16,20,23-24,27,36H,1,3-6,8-10,17-19,21H2,(H,33,34)/t23-,24+,27-/m1/s1. The van der Waals surface area contributed by atoms with Crippen LogP contribution in [0.1, 0.15) is 68.9 Å². The Morgan fingerprint density at radius 1 is 1.06 bits per heavy atom. The number of anilines is 2. The molecule has 4 nitrogen and oxygen atoms in total. The van der Waals surface area contributed by atoms with Gasteiger partial charge in [-0.2, -0.15) is 13.2 Å². The number of rotatable bonds is 7. The number of pyridine rings is 1. The maximum atomic E-state index is 12.9. The Bertz CT molecular complexity index is 1030. The molecule has 1 saturated heterocycles. The highest BCUT2D eigenvalue weighted by Gasteiger charge is 2.32. The van der Waals surface area contributed by atoms with Crippen LogP contribution >= 0.6 is 0 Å². The molecule has 2 aliphatic rings. The number of unbranched alkanes of at least 4 members (excludes halogenated alkanes) is 1. The lowest BCUT2D eigenvalue weighted by Gasteiger charge is -2.39. The van der Waals surface area contributed by atoms with Crippen molar-refractivity contribution in [2.45, 2.75) is 70.0 Å². The Morgan fingerprint density at radius 2 is 1.86 bits per heavy atom. The van der Waals surface area contributed by atoms with Crippen molar-refractivity contribution >= 4 is 11.5 Å². The van der Waals surface area contributed by atoms with Crippen molar-refractivity contribution in [3.05, 3.63) is 53.7 Å². The first-order chi connectivity index (χ1) is 17.4. The number of nitrogens with zero attached hydrogens (tertiary/aromatic N) is 2. The van der Waals surface area contributed by atoms with Gasteiger partial charge < -0.3 is 15.3 Å². The number of halogens is 3. The number of piperidine rings is 1. The highest BCUT2D eigenvalue weighted by molar-refractivity contribution is 5.48. The Hall–Kier alpha value is -2.72. The number of aliphatic hydroxyl groups is 1. The zero-order chi connectivity index (χ0) is 25.4. The molecule has 0 spiro atoms. The van der Waals surface area contributed by atoms with E-state index < -0.39 is 11.7 Å². The molecular weight excluding hydrogens is 463 g/mol. The SMILES string of the molecule is OCCCC#Cc1ccnc(N[C@@H]2CCCC[C@H]2C[C@H]2CCCN(c3ccc(C(F)(F)F)cc3)C2)c1. The number of hydrogen-bond donors (Lipinski definition) is 2. The second kappa shape index (κ2) is 12.5. The first-order valence-corrected chi connectivity index (χ1v) is 13.2. The molecule has 0 amide bonds. The molecule has 2 fully saturated rings. The van der Waals surface area contributed by atoms with Crippen LogP contribution in [-0.2, 0) is 6.18 Å². The molecule has 1 aromatic heterocycles. The summed E-state index contributed by atoms with van der Waals surface area (Å²) in [5.41, 5.74) is 1.22. The van der Waals surface area contributed by atoms with Gasteiger partial charge in [0.05, 0.1) is 5.56 Å². The maximum absolute atomic E-state index is 12.9. The molecular formula is C29H36F3N3O. The lowest BCUT2D eigenvalue weighted by Crippen LogP contribution is -2.39. The number of aliphatic hydroxyl groups excluding tert-OH is 1. The van der Waals surface area contributed by atoms with E-state index >= 15 is 0 Å². The molecule has 2 N–H and O–H groups in total. The normalized spacial score (nSPS) is 22.6. The van der Waals surface area contributed by atoms with Gasteiger partial charge in [-0.25, -0.2) is 4.98 Å². The minimum Gasteiger partial charge on any atom is -0.396 e. The van der Waals surface area contributed by atoms with Gasteiger partial charge in [-0.05, 0) is 86.8 Å². The van der Waals surface area contributed by atoms with E-state index in [1.807, 2.05) is 12.1 Å². The lowest BCUT2D eigenvalue weighted by molar-refractivity contribution is -0.137. The van der Waals surface area contributed by atoms with Crippen LogP contribution in [0, 0.1) is 23.7 Å². The lowest BCUT2D eigenvalue weighted by atomic mass is 9.77. The Morgan fingerprint density at radius 3 is 2.64 bits per heavy atom. The minimum atomic E-state index is -4.30. The van der Waals surface area contributed by atoms with Crippen LogP contribution in [0.3, 0.4) is 0 Å². The van der Waals surface area contributed by atoms with E-state index in [0.717, 1.165) is 55.8 Å². The predicted molar refractivity (Wildman–Crippen MR) is 138 cm³/mol. The van der Waals surface area contributed by atoms with Crippen LogP contribution in [0.2, 0.25) is 0 Å². The van der Waals surface area contributed by atoms with Crippen LogP contribution in [0.15, 0.2) is 42.6 Å². The van der Waals surface area contributed by atoms with Gasteiger partial charge in [0.25, 0.3) is 0 Å². The zero-order valence-corrected chi connectivity index (χ0v) is 20.7. The van der Waals surface area contributed by atoms with Gasteiger partial charge in [0.1, 0.15) is 5.82 Å². The van der Waals surface area contributed by atoms with Gasteiger partial charge in [-0.15, -0.1) is 0 Å². The highest BCUT2D eigenvalue weighted by Crippen LogP contribution is 2.36. The van der Waals surface area contributed by atoms with E-state index in [0.29, 0.717) is 30.7 Å². The molecule has 36 heavy (non-hydrogen) atoms. The molecule has 3 atom stereocenters. The number of benzene rings is 1. The fourth-order valence-electron chi connectivity index (χ4n) is 5.57. The molecule has 1 aliphatic heterocycles. The smallest absolute Gasteiger partial charge is 0.396 e. The fourth-order valence-corrected chi connectivity index (χ4v) is 5.57.